The number of carbonyl (C=O) groups is 3. The molecule has 2 amide bonds. The van der Waals surface area contributed by atoms with Crippen LogP contribution in [0.15, 0.2) is 0 Å². The molecule has 1 aliphatic heterocycles. The average molecular weight is 272 g/mol. The molecule has 108 valence electrons. The third kappa shape index (κ3) is 3.84. The van der Waals surface area contributed by atoms with Crippen molar-refractivity contribution in [1.82, 2.24) is 10.2 Å². The molecule has 0 bridgehead atoms. The number of nitrogens with one attached hydrogen (secondary N) is 1. The fraction of sp³-hybridized carbons (Fsp3) is 0.750. The van der Waals surface area contributed by atoms with Crippen LogP contribution < -0.4 is 5.32 Å². The second kappa shape index (κ2) is 6.40. The molecule has 1 fully saturated rings. The van der Waals surface area contributed by atoms with Gasteiger partial charge in [-0.2, -0.15) is 0 Å². The Bertz CT molecular complexity index is 371. The van der Waals surface area contributed by atoms with E-state index < -0.39 is 30.4 Å². The lowest BCUT2D eigenvalue weighted by molar-refractivity contribution is -0.145. The molecule has 0 aliphatic carbocycles. The number of aliphatic carboxylic acids is 2. The second-order valence-electron chi connectivity index (χ2n) is 4.83. The van der Waals surface area contributed by atoms with Gasteiger partial charge in [-0.05, 0) is 26.2 Å². The Morgan fingerprint density at radius 3 is 2.42 bits per heavy atom. The summed E-state index contributed by atoms with van der Waals surface area (Å²) in [6.45, 7) is 3.87. The normalized spacial score (nSPS) is 24.0. The lowest BCUT2D eigenvalue weighted by Gasteiger charge is -2.29. The van der Waals surface area contributed by atoms with Crippen molar-refractivity contribution in [3.05, 3.63) is 0 Å². The summed E-state index contributed by atoms with van der Waals surface area (Å²) < 4.78 is 0. The number of rotatable bonds is 5. The predicted octanol–water partition coefficient (Wildman–Crippen LogP) is 0.887. The van der Waals surface area contributed by atoms with Gasteiger partial charge >= 0.3 is 18.0 Å². The third-order valence-electron chi connectivity index (χ3n) is 3.47. The number of urea groups is 1. The largest absolute Gasteiger partial charge is 0.481 e. The van der Waals surface area contributed by atoms with Crippen LogP contribution in [0.3, 0.4) is 0 Å². The highest BCUT2D eigenvalue weighted by atomic mass is 16.4. The van der Waals surface area contributed by atoms with E-state index in [0.29, 0.717) is 0 Å². The Balaban J connectivity index is 2.70. The lowest BCUT2D eigenvalue weighted by Crippen LogP contribution is -2.51. The highest BCUT2D eigenvalue weighted by molar-refractivity contribution is 5.86. The Morgan fingerprint density at radius 1 is 1.32 bits per heavy atom. The highest BCUT2D eigenvalue weighted by Gasteiger charge is 2.35. The molecule has 3 N–H and O–H groups in total. The molecule has 0 saturated carbocycles. The van der Waals surface area contributed by atoms with Crippen molar-refractivity contribution >= 4 is 18.0 Å². The van der Waals surface area contributed by atoms with E-state index in [4.69, 9.17) is 10.2 Å². The summed E-state index contributed by atoms with van der Waals surface area (Å²) in [5, 5.41) is 19.8. The number of amides is 2. The number of carbonyl (C=O) groups excluding carboxylic acids is 1. The summed E-state index contributed by atoms with van der Waals surface area (Å²) >= 11 is 0. The van der Waals surface area contributed by atoms with Gasteiger partial charge in [-0.15, -0.1) is 0 Å². The van der Waals surface area contributed by atoms with Gasteiger partial charge in [0.1, 0.15) is 6.04 Å². The summed E-state index contributed by atoms with van der Waals surface area (Å²) in [5.41, 5.74) is 0. The Labute approximate surface area is 111 Å². The van der Waals surface area contributed by atoms with Crippen molar-refractivity contribution in [2.45, 2.75) is 57.7 Å². The molecule has 3 atom stereocenters. The molecule has 19 heavy (non-hydrogen) atoms. The number of hydrogen-bond acceptors (Lipinski definition) is 3. The SMILES string of the molecule is CCC1CCC(C)N1C(=O)N[C@H](CC(=O)O)C(=O)O. The van der Waals surface area contributed by atoms with Gasteiger partial charge in [0.05, 0.1) is 6.42 Å². The zero-order chi connectivity index (χ0) is 14.6. The molecule has 2 unspecified atom stereocenters. The first-order valence-corrected chi connectivity index (χ1v) is 6.40. The van der Waals surface area contributed by atoms with Gasteiger partial charge in [-0.3, -0.25) is 4.79 Å². The Hall–Kier alpha value is -1.79. The molecular weight excluding hydrogens is 252 g/mol. The molecule has 0 aromatic carbocycles. The fourth-order valence-corrected chi connectivity index (χ4v) is 2.44. The Kier molecular flexibility index (Phi) is 5.14. The maximum atomic E-state index is 12.1. The van der Waals surface area contributed by atoms with Gasteiger partial charge in [-0.1, -0.05) is 6.92 Å². The zero-order valence-corrected chi connectivity index (χ0v) is 11.1. The van der Waals surface area contributed by atoms with Gasteiger partial charge in [0, 0.05) is 12.1 Å². The fourth-order valence-electron chi connectivity index (χ4n) is 2.44. The first-order chi connectivity index (χ1) is 8.86. The van der Waals surface area contributed by atoms with E-state index in [2.05, 4.69) is 5.32 Å². The lowest BCUT2D eigenvalue weighted by atomic mass is 10.1. The van der Waals surface area contributed by atoms with Crippen LogP contribution >= 0.6 is 0 Å². The number of nitrogens with zero attached hydrogens (tertiary/aromatic N) is 1. The van der Waals surface area contributed by atoms with Crippen LogP contribution in [0.2, 0.25) is 0 Å². The van der Waals surface area contributed by atoms with Crippen LogP contribution in [-0.2, 0) is 9.59 Å². The molecule has 1 rings (SSSR count). The molecule has 1 saturated heterocycles. The minimum absolute atomic E-state index is 0.0456. The molecule has 7 nitrogen and oxygen atoms in total. The first-order valence-electron chi connectivity index (χ1n) is 6.40. The maximum absolute atomic E-state index is 12.1. The summed E-state index contributed by atoms with van der Waals surface area (Å²) in [4.78, 5) is 35.2. The topological polar surface area (TPSA) is 107 Å². The van der Waals surface area contributed by atoms with Crippen molar-refractivity contribution in [2.75, 3.05) is 0 Å². The van der Waals surface area contributed by atoms with Crippen molar-refractivity contribution in [2.24, 2.45) is 0 Å². The molecule has 1 aliphatic rings. The van der Waals surface area contributed by atoms with Gasteiger partial charge < -0.3 is 20.4 Å². The van der Waals surface area contributed by atoms with Crippen LogP contribution in [-0.4, -0.2) is 51.2 Å². The number of carboxylic acid groups (broad SMARTS) is 2. The molecule has 0 spiro atoms. The summed E-state index contributed by atoms with van der Waals surface area (Å²) in [6.07, 6.45) is 1.94. The maximum Gasteiger partial charge on any atom is 0.326 e. The average Bonchev–Trinajstić information content (AvgIpc) is 2.68. The minimum Gasteiger partial charge on any atom is -0.481 e. The van der Waals surface area contributed by atoms with Crippen molar-refractivity contribution in [3.63, 3.8) is 0 Å². The van der Waals surface area contributed by atoms with Crippen molar-refractivity contribution in [1.29, 1.82) is 0 Å². The summed E-state index contributed by atoms with van der Waals surface area (Å²) in [7, 11) is 0. The molecule has 1 heterocycles. The van der Waals surface area contributed by atoms with E-state index in [1.165, 1.54) is 0 Å². The highest BCUT2D eigenvalue weighted by Crippen LogP contribution is 2.25. The molecule has 0 aromatic rings. The van der Waals surface area contributed by atoms with Gasteiger partial charge in [0.25, 0.3) is 0 Å². The van der Waals surface area contributed by atoms with E-state index in [1.54, 1.807) is 4.90 Å². The van der Waals surface area contributed by atoms with Crippen LogP contribution in [0.1, 0.15) is 39.5 Å². The minimum atomic E-state index is -1.39. The number of carboxylic acids is 2. The molecule has 0 radical (unpaired) electrons. The van der Waals surface area contributed by atoms with Gasteiger partial charge in [0.15, 0.2) is 0 Å². The van der Waals surface area contributed by atoms with Crippen LogP contribution in [0, 0.1) is 0 Å². The monoisotopic (exact) mass is 272 g/mol. The molecule has 7 heteroatoms. The van der Waals surface area contributed by atoms with Crippen LogP contribution in [0.4, 0.5) is 4.79 Å². The van der Waals surface area contributed by atoms with Crippen LogP contribution in [0.25, 0.3) is 0 Å². The van der Waals surface area contributed by atoms with E-state index >= 15 is 0 Å². The number of hydrogen-bond donors (Lipinski definition) is 3. The van der Waals surface area contributed by atoms with Gasteiger partial charge in [0.2, 0.25) is 0 Å². The smallest absolute Gasteiger partial charge is 0.326 e. The van der Waals surface area contributed by atoms with Crippen molar-refractivity contribution < 1.29 is 24.6 Å². The molecule has 0 aromatic heterocycles. The van der Waals surface area contributed by atoms with Crippen molar-refractivity contribution in [3.8, 4) is 0 Å². The second-order valence-corrected chi connectivity index (χ2v) is 4.83. The van der Waals surface area contributed by atoms with Crippen LogP contribution in [0.5, 0.6) is 0 Å². The summed E-state index contributed by atoms with van der Waals surface area (Å²) in [5.74, 6) is -2.59. The molecular formula is C12H20N2O5. The predicted molar refractivity (Wildman–Crippen MR) is 66.8 cm³/mol. The van der Waals surface area contributed by atoms with E-state index in [0.717, 1.165) is 19.3 Å². The van der Waals surface area contributed by atoms with E-state index in [9.17, 15) is 14.4 Å². The summed E-state index contributed by atoms with van der Waals surface area (Å²) in [6, 6.07) is -1.75. The van der Waals surface area contributed by atoms with Gasteiger partial charge in [-0.25, -0.2) is 9.59 Å². The Morgan fingerprint density at radius 2 is 1.95 bits per heavy atom. The standard InChI is InChI=1S/C12H20N2O5/c1-3-8-5-4-7(2)14(8)12(19)13-9(11(17)18)6-10(15)16/h7-9H,3-6H2,1-2H3,(H,13,19)(H,15,16)(H,17,18)/t7?,8?,9-/m1/s1. The zero-order valence-electron chi connectivity index (χ0n) is 11.1. The third-order valence-corrected chi connectivity index (χ3v) is 3.47. The van der Waals surface area contributed by atoms with E-state index in [-0.39, 0.29) is 12.1 Å². The van der Waals surface area contributed by atoms with E-state index in [1.807, 2.05) is 13.8 Å². The quantitative estimate of drug-likeness (QED) is 0.689. The number of likely N-dealkylation sites (tertiary alicyclic amines) is 1. The first kappa shape index (κ1) is 15.3.